The van der Waals surface area contributed by atoms with Crippen LogP contribution in [0.1, 0.15) is 44.9 Å². The van der Waals surface area contributed by atoms with Crippen molar-refractivity contribution in [3.05, 3.63) is 28.2 Å². The van der Waals surface area contributed by atoms with Gasteiger partial charge in [0.1, 0.15) is 18.1 Å². The van der Waals surface area contributed by atoms with Crippen LogP contribution in [0.5, 0.6) is 0 Å². The zero-order valence-corrected chi connectivity index (χ0v) is 19.4. The van der Waals surface area contributed by atoms with Gasteiger partial charge in [-0.2, -0.15) is 0 Å². The monoisotopic (exact) mass is 480 g/mol. The van der Waals surface area contributed by atoms with Crippen LogP contribution >= 0.6 is 23.2 Å². The first-order valence-electron chi connectivity index (χ1n) is 10.9. The SMILES string of the molecule is CN1C(=O)N(CC(=O)N2CCCC2C(=O)Nc2cc(Cl)cc(Cl)c2)C(=O)C12CCCCC2. The van der Waals surface area contributed by atoms with E-state index in [0.717, 1.165) is 24.2 Å². The summed E-state index contributed by atoms with van der Waals surface area (Å²) in [6, 6.07) is 3.58. The molecule has 1 aromatic carbocycles. The maximum atomic E-state index is 13.2. The minimum atomic E-state index is -0.830. The number of hydrogen-bond donors (Lipinski definition) is 1. The van der Waals surface area contributed by atoms with E-state index < -0.39 is 23.5 Å². The first-order chi connectivity index (χ1) is 15.2. The molecule has 1 aliphatic carbocycles. The first-order valence-corrected chi connectivity index (χ1v) is 11.6. The van der Waals surface area contributed by atoms with E-state index in [9.17, 15) is 19.2 Å². The number of carbonyl (C=O) groups excluding carboxylic acids is 4. The summed E-state index contributed by atoms with van der Waals surface area (Å²) in [5.74, 6) is -1.06. The van der Waals surface area contributed by atoms with E-state index in [4.69, 9.17) is 23.2 Å². The molecule has 8 nitrogen and oxygen atoms in total. The zero-order valence-electron chi connectivity index (χ0n) is 17.9. The number of hydrogen-bond acceptors (Lipinski definition) is 4. The highest BCUT2D eigenvalue weighted by molar-refractivity contribution is 6.35. The number of nitrogens with one attached hydrogen (secondary N) is 1. The van der Waals surface area contributed by atoms with Gasteiger partial charge in [-0.25, -0.2) is 4.79 Å². The number of nitrogens with zero attached hydrogens (tertiary/aromatic N) is 3. The van der Waals surface area contributed by atoms with Crippen molar-refractivity contribution in [2.45, 2.75) is 56.5 Å². The fraction of sp³-hybridized carbons (Fsp3) is 0.545. The highest BCUT2D eigenvalue weighted by atomic mass is 35.5. The summed E-state index contributed by atoms with van der Waals surface area (Å²) in [5.41, 5.74) is -0.388. The lowest BCUT2D eigenvalue weighted by Gasteiger charge is -2.35. The third-order valence-electron chi connectivity index (χ3n) is 6.78. The summed E-state index contributed by atoms with van der Waals surface area (Å²) in [6.07, 6.45) is 5.20. The molecule has 5 amide bonds. The zero-order chi connectivity index (χ0) is 23.0. The second-order valence-corrected chi connectivity index (χ2v) is 9.59. The summed E-state index contributed by atoms with van der Waals surface area (Å²) in [6.45, 7) is 0.0426. The van der Waals surface area contributed by atoms with Crippen molar-refractivity contribution in [1.29, 1.82) is 0 Å². The predicted octanol–water partition coefficient (Wildman–Crippen LogP) is 3.52. The Morgan fingerprint density at radius 1 is 1.06 bits per heavy atom. The number of halogens is 2. The lowest BCUT2D eigenvalue weighted by molar-refractivity contribution is -0.142. The fourth-order valence-corrected chi connectivity index (χ4v) is 5.61. The molecule has 3 aliphatic rings. The molecule has 32 heavy (non-hydrogen) atoms. The number of imide groups is 1. The Hall–Kier alpha value is -2.32. The van der Waals surface area contributed by atoms with E-state index in [-0.39, 0.29) is 18.4 Å². The van der Waals surface area contributed by atoms with Gasteiger partial charge in [-0.1, -0.05) is 42.5 Å². The summed E-state index contributed by atoms with van der Waals surface area (Å²) in [4.78, 5) is 55.9. The third-order valence-corrected chi connectivity index (χ3v) is 7.22. The van der Waals surface area contributed by atoms with Crippen LogP contribution in [0, 0.1) is 0 Å². The number of likely N-dealkylation sites (tertiary alicyclic amines) is 1. The van der Waals surface area contributed by atoms with Gasteiger partial charge in [-0.05, 0) is 43.9 Å². The van der Waals surface area contributed by atoms with Gasteiger partial charge in [-0.3, -0.25) is 19.3 Å². The van der Waals surface area contributed by atoms with Crippen molar-refractivity contribution < 1.29 is 19.2 Å². The van der Waals surface area contributed by atoms with Crippen molar-refractivity contribution in [1.82, 2.24) is 14.7 Å². The molecule has 1 unspecified atom stereocenters. The second kappa shape index (κ2) is 8.90. The van der Waals surface area contributed by atoms with Crippen molar-refractivity contribution in [3.63, 3.8) is 0 Å². The van der Waals surface area contributed by atoms with Crippen molar-refractivity contribution >= 4 is 52.6 Å². The van der Waals surface area contributed by atoms with E-state index >= 15 is 0 Å². The Labute approximate surface area is 196 Å². The molecule has 10 heteroatoms. The van der Waals surface area contributed by atoms with Gasteiger partial charge in [0.2, 0.25) is 11.8 Å². The average Bonchev–Trinajstić information content (AvgIpc) is 3.30. The summed E-state index contributed by atoms with van der Waals surface area (Å²) >= 11 is 12.0. The second-order valence-electron chi connectivity index (χ2n) is 8.72. The number of benzene rings is 1. The van der Waals surface area contributed by atoms with Crippen molar-refractivity contribution in [2.75, 3.05) is 25.5 Å². The van der Waals surface area contributed by atoms with Crippen molar-refractivity contribution in [2.24, 2.45) is 0 Å². The van der Waals surface area contributed by atoms with Gasteiger partial charge in [0.15, 0.2) is 0 Å². The van der Waals surface area contributed by atoms with Gasteiger partial charge in [-0.15, -0.1) is 0 Å². The van der Waals surface area contributed by atoms with Gasteiger partial charge in [0.05, 0.1) is 0 Å². The van der Waals surface area contributed by atoms with Gasteiger partial charge in [0.25, 0.3) is 5.91 Å². The average molecular weight is 481 g/mol. The molecule has 1 spiro atoms. The quantitative estimate of drug-likeness (QED) is 0.667. The van der Waals surface area contributed by atoms with E-state index in [1.807, 2.05) is 0 Å². The predicted molar refractivity (Wildman–Crippen MR) is 121 cm³/mol. The maximum absolute atomic E-state index is 13.2. The summed E-state index contributed by atoms with van der Waals surface area (Å²) in [7, 11) is 1.64. The van der Waals surface area contributed by atoms with Crippen molar-refractivity contribution in [3.8, 4) is 0 Å². The molecule has 2 saturated heterocycles. The number of likely N-dealkylation sites (N-methyl/N-ethyl adjacent to an activating group) is 1. The Kier molecular flexibility index (Phi) is 6.36. The van der Waals surface area contributed by atoms with E-state index in [0.29, 0.717) is 48.0 Å². The van der Waals surface area contributed by atoms with Crippen LogP contribution in [0.3, 0.4) is 0 Å². The molecular weight excluding hydrogens is 455 g/mol. The van der Waals surface area contributed by atoms with Gasteiger partial charge in [0, 0.05) is 29.3 Å². The molecule has 1 aromatic rings. The molecule has 0 radical (unpaired) electrons. The molecule has 2 heterocycles. The molecule has 0 bridgehead atoms. The van der Waals surface area contributed by atoms with Gasteiger partial charge >= 0.3 is 6.03 Å². The molecular formula is C22H26Cl2N4O4. The van der Waals surface area contributed by atoms with Crippen LogP contribution < -0.4 is 5.32 Å². The minimum absolute atomic E-state index is 0.299. The first kappa shape index (κ1) is 22.9. The highest BCUT2D eigenvalue weighted by Gasteiger charge is 2.56. The molecule has 3 fully saturated rings. The van der Waals surface area contributed by atoms with E-state index in [1.165, 1.54) is 9.80 Å². The molecule has 2 aliphatic heterocycles. The Bertz CT molecular complexity index is 943. The molecule has 172 valence electrons. The van der Waals surface area contributed by atoms with E-state index in [1.54, 1.807) is 25.2 Å². The maximum Gasteiger partial charge on any atom is 0.327 e. The Morgan fingerprint density at radius 3 is 2.38 bits per heavy atom. The molecule has 1 atom stereocenters. The molecule has 1 saturated carbocycles. The number of carbonyl (C=O) groups is 4. The van der Waals surface area contributed by atoms with Crippen LogP contribution in [0.4, 0.5) is 10.5 Å². The molecule has 1 N–H and O–H groups in total. The Morgan fingerprint density at radius 2 is 1.72 bits per heavy atom. The fourth-order valence-electron chi connectivity index (χ4n) is 5.09. The highest BCUT2D eigenvalue weighted by Crippen LogP contribution is 2.39. The topological polar surface area (TPSA) is 90.0 Å². The lowest BCUT2D eigenvalue weighted by Crippen LogP contribution is -2.50. The van der Waals surface area contributed by atoms with E-state index in [2.05, 4.69) is 5.32 Å². The Balaban J connectivity index is 1.45. The number of urea groups is 1. The van der Waals surface area contributed by atoms with Crippen LogP contribution in [0.2, 0.25) is 10.0 Å². The normalized spacial score (nSPS) is 22.7. The molecule has 4 rings (SSSR count). The van der Waals surface area contributed by atoms with Crippen LogP contribution in [0.15, 0.2) is 18.2 Å². The van der Waals surface area contributed by atoms with Crippen LogP contribution in [-0.4, -0.2) is 70.2 Å². The van der Waals surface area contributed by atoms with Crippen LogP contribution in [0.25, 0.3) is 0 Å². The summed E-state index contributed by atoms with van der Waals surface area (Å²) < 4.78 is 0. The summed E-state index contributed by atoms with van der Waals surface area (Å²) in [5, 5.41) is 3.53. The number of amides is 5. The van der Waals surface area contributed by atoms with Crippen LogP contribution in [-0.2, 0) is 14.4 Å². The lowest BCUT2D eigenvalue weighted by atomic mass is 9.81. The number of anilines is 1. The smallest absolute Gasteiger partial charge is 0.327 e. The largest absolute Gasteiger partial charge is 0.329 e. The third kappa shape index (κ3) is 4.06. The van der Waals surface area contributed by atoms with Gasteiger partial charge < -0.3 is 15.1 Å². The standard InChI is InChI=1S/C22H26Cl2N4O4/c1-26-21(32)28(20(31)22(26)7-3-2-4-8-22)13-18(29)27-9-5-6-17(27)19(30)25-16-11-14(23)10-15(24)12-16/h10-12,17H,2-9,13H2,1H3,(H,25,30). The molecule has 0 aromatic heterocycles. The number of rotatable bonds is 4. The minimum Gasteiger partial charge on any atom is -0.329 e.